The van der Waals surface area contributed by atoms with E-state index in [2.05, 4.69) is 5.32 Å². The highest BCUT2D eigenvalue weighted by atomic mass is 16.7. The minimum absolute atomic E-state index is 0.00441. The van der Waals surface area contributed by atoms with Crippen LogP contribution in [-0.2, 0) is 16.0 Å². The Morgan fingerprint density at radius 3 is 2.54 bits per heavy atom. The van der Waals surface area contributed by atoms with E-state index in [9.17, 15) is 9.59 Å². The molecule has 0 radical (unpaired) electrons. The predicted molar refractivity (Wildman–Crippen MR) is 88.9 cm³/mol. The molecule has 2 amide bonds. The first kappa shape index (κ1) is 16.6. The van der Waals surface area contributed by atoms with E-state index in [1.54, 1.807) is 0 Å². The van der Waals surface area contributed by atoms with Crippen molar-refractivity contribution in [3.05, 3.63) is 23.8 Å². The first-order valence-electron chi connectivity index (χ1n) is 8.58. The summed E-state index contributed by atoms with van der Waals surface area (Å²) in [4.78, 5) is 26.3. The van der Waals surface area contributed by atoms with Crippen molar-refractivity contribution in [1.29, 1.82) is 0 Å². The largest absolute Gasteiger partial charge is 0.454 e. The zero-order valence-corrected chi connectivity index (χ0v) is 14.0. The summed E-state index contributed by atoms with van der Waals surface area (Å²) in [5.74, 6) is 1.22. The van der Waals surface area contributed by atoms with Crippen LogP contribution in [0.25, 0.3) is 0 Å². The van der Waals surface area contributed by atoms with Gasteiger partial charge in [-0.3, -0.25) is 9.59 Å². The topological polar surface area (TPSA) is 67.9 Å². The summed E-state index contributed by atoms with van der Waals surface area (Å²) in [7, 11) is 0. The lowest BCUT2D eigenvalue weighted by Gasteiger charge is -2.26. The lowest BCUT2D eigenvalue weighted by Crippen LogP contribution is -2.49. The SMILES string of the molecule is CC(=O)N[C@H](Cc1ccc2c(c1)OCO2)C(=O)N1CCCCCC1. The molecule has 2 heterocycles. The first-order valence-corrected chi connectivity index (χ1v) is 8.58. The van der Waals surface area contributed by atoms with Crippen molar-refractivity contribution in [2.24, 2.45) is 0 Å². The van der Waals surface area contributed by atoms with Crippen molar-refractivity contribution < 1.29 is 19.1 Å². The number of fused-ring (bicyclic) bond motifs is 1. The summed E-state index contributed by atoms with van der Waals surface area (Å²) < 4.78 is 10.7. The Labute approximate surface area is 142 Å². The van der Waals surface area contributed by atoms with Crippen molar-refractivity contribution in [2.45, 2.75) is 45.1 Å². The van der Waals surface area contributed by atoms with E-state index in [-0.39, 0.29) is 18.6 Å². The molecule has 0 spiro atoms. The minimum atomic E-state index is -0.541. The van der Waals surface area contributed by atoms with E-state index < -0.39 is 6.04 Å². The molecule has 1 saturated heterocycles. The van der Waals surface area contributed by atoms with Crippen molar-refractivity contribution >= 4 is 11.8 Å². The molecular formula is C18H24N2O4. The first-order chi connectivity index (χ1) is 11.6. The molecule has 0 saturated carbocycles. The fourth-order valence-electron chi connectivity index (χ4n) is 3.26. The number of nitrogens with one attached hydrogen (secondary N) is 1. The van der Waals surface area contributed by atoms with E-state index in [1.165, 1.54) is 6.92 Å². The number of rotatable bonds is 4. The van der Waals surface area contributed by atoms with E-state index in [1.807, 2.05) is 23.1 Å². The molecule has 130 valence electrons. The van der Waals surface area contributed by atoms with Crippen molar-refractivity contribution in [3.63, 3.8) is 0 Å². The molecular weight excluding hydrogens is 308 g/mol. The molecule has 2 aliphatic heterocycles. The molecule has 1 aromatic carbocycles. The molecule has 1 aromatic rings. The fraction of sp³-hybridized carbons (Fsp3) is 0.556. The summed E-state index contributed by atoms with van der Waals surface area (Å²) in [6, 6.07) is 5.10. The summed E-state index contributed by atoms with van der Waals surface area (Å²) in [5.41, 5.74) is 0.946. The molecule has 1 N–H and O–H groups in total. The Morgan fingerprint density at radius 2 is 1.83 bits per heavy atom. The second kappa shape index (κ2) is 7.55. The third-order valence-electron chi connectivity index (χ3n) is 4.47. The van der Waals surface area contributed by atoms with Gasteiger partial charge in [-0.15, -0.1) is 0 Å². The average molecular weight is 332 g/mol. The van der Waals surface area contributed by atoms with E-state index >= 15 is 0 Å². The van der Waals surface area contributed by atoms with E-state index in [0.717, 1.165) is 44.3 Å². The van der Waals surface area contributed by atoms with Crippen LogP contribution in [0.1, 0.15) is 38.2 Å². The van der Waals surface area contributed by atoms with Gasteiger partial charge in [0.1, 0.15) is 6.04 Å². The van der Waals surface area contributed by atoms with Gasteiger partial charge in [-0.25, -0.2) is 0 Å². The lowest BCUT2D eigenvalue weighted by molar-refractivity contribution is -0.136. The second-order valence-corrected chi connectivity index (χ2v) is 6.38. The van der Waals surface area contributed by atoms with Gasteiger partial charge in [0.05, 0.1) is 0 Å². The summed E-state index contributed by atoms with van der Waals surface area (Å²) in [6.45, 7) is 3.22. The fourth-order valence-corrected chi connectivity index (χ4v) is 3.26. The van der Waals surface area contributed by atoms with Crippen LogP contribution in [0, 0.1) is 0 Å². The van der Waals surface area contributed by atoms with Crippen LogP contribution in [0.5, 0.6) is 11.5 Å². The van der Waals surface area contributed by atoms with Gasteiger partial charge in [0.25, 0.3) is 0 Å². The van der Waals surface area contributed by atoms with Crippen LogP contribution in [0.3, 0.4) is 0 Å². The van der Waals surface area contributed by atoms with Crippen molar-refractivity contribution in [1.82, 2.24) is 10.2 Å². The molecule has 1 atom stereocenters. The molecule has 0 bridgehead atoms. The van der Waals surface area contributed by atoms with Crippen molar-refractivity contribution in [2.75, 3.05) is 19.9 Å². The third kappa shape index (κ3) is 3.99. The van der Waals surface area contributed by atoms with E-state index in [0.29, 0.717) is 17.9 Å². The Kier molecular flexibility index (Phi) is 5.23. The predicted octanol–water partition coefficient (Wildman–Crippen LogP) is 1.87. The molecule has 6 nitrogen and oxygen atoms in total. The van der Waals surface area contributed by atoms with Gasteiger partial charge in [-0.2, -0.15) is 0 Å². The number of benzene rings is 1. The number of ether oxygens (including phenoxy) is 2. The van der Waals surface area contributed by atoms with Crippen LogP contribution in [0.4, 0.5) is 0 Å². The van der Waals surface area contributed by atoms with E-state index in [4.69, 9.17) is 9.47 Å². The Bertz CT molecular complexity index is 609. The standard InChI is InChI=1S/C18H24N2O4/c1-13(21)19-15(18(22)20-8-4-2-3-5-9-20)10-14-6-7-16-17(11-14)24-12-23-16/h6-7,11,15H,2-5,8-10,12H2,1H3,(H,19,21)/t15-/m1/s1. The lowest BCUT2D eigenvalue weighted by atomic mass is 10.0. The molecule has 0 aromatic heterocycles. The molecule has 24 heavy (non-hydrogen) atoms. The Morgan fingerprint density at radius 1 is 1.12 bits per heavy atom. The monoisotopic (exact) mass is 332 g/mol. The zero-order valence-electron chi connectivity index (χ0n) is 14.0. The number of likely N-dealkylation sites (tertiary alicyclic amines) is 1. The molecule has 1 fully saturated rings. The van der Waals surface area contributed by atoms with Crippen LogP contribution in [-0.4, -0.2) is 42.6 Å². The van der Waals surface area contributed by atoms with Crippen LogP contribution >= 0.6 is 0 Å². The highest BCUT2D eigenvalue weighted by Crippen LogP contribution is 2.32. The normalized spacial score (nSPS) is 18.0. The van der Waals surface area contributed by atoms with Crippen LogP contribution < -0.4 is 14.8 Å². The number of amides is 2. The van der Waals surface area contributed by atoms with Gasteiger partial charge >= 0.3 is 0 Å². The molecule has 3 rings (SSSR count). The number of nitrogens with zero attached hydrogens (tertiary/aromatic N) is 1. The zero-order chi connectivity index (χ0) is 16.9. The number of carbonyl (C=O) groups excluding carboxylic acids is 2. The van der Waals surface area contributed by atoms with Crippen LogP contribution in [0.2, 0.25) is 0 Å². The molecule has 6 heteroatoms. The van der Waals surface area contributed by atoms with Gasteiger partial charge in [0.15, 0.2) is 11.5 Å². The maximum absolute atomic E-state index is 12.9. The second-order valence-electron chi connectivity index (χ2n) is 6.38. The quantitative estimate of drug-likeness (QED) is 0.914. The molecule has 2 aliphatic rings. The highest BCUT2D eigenvalue weighted by molar-refractivity contribution is 5.87. The number of carbonyl (C=O) groups is 2. The van der Waals surface area contributed by atoms with Crippen molar-refractivity contribution in [3.8, 4) is 11.5 Å². The summed E-state index contributed by atoms with van der Waals surface area (Å²) >= 11 is 0. The van der Waals surface area contributed by atoms with Gasteiger partial charge in [0, 0.05) is 26.4 Å². The summed E-state index contributed by atoms with van der Waals surface area (Å²) in [5, 5.41) is 2.81. The Balaban J connectivity index is 1.73. The van der Waals surface area contributed by atoms with Crippen LogP contribution in [0.15, 0.2) is 18.2 Å². The highest BCUT2D eigenvalue weighted by Gasteiger charge is 2.26. The smallest absolute Gasteiger partial charge is 0.245 e. The van der Waals surface area contributed by atoms with Gasteiger partial charge < -0.3 is 19.7 Å². The Hall–Kier alpha value is -2.24. The maximum atomic E-state index is 12.9. The third-order valence-corrected chi connectivity index (χ3v) is 4.47. The number of hydrogen-bond donors (Lipinski definition) is 1. The van der Waals surface area contributed by atoms with Gasteiger partial charge in [-0.1, -0.05) is 18.9 Å². The molecule has 0 aliphatic carbocycles. The van der Waals surface area contributed by atoms with Gasteiger partial charge in [0.2, 0.25) is 18.6 Å². The minimum Gasteiger partial charge on any atom is -0.454 e. The average Bonchev–Trinajstić information content (AvgIpc) is 2.85. The maximum Gasteiger partial charge on any atom is 0.245 e. The van der Waals surface area contributed by atoms with Gasteiger partial charge in [-0.05, 0) is 30.5 Å². The molecule has 0 unspecified atom stereocenters. The summed E-state index contributed by atoms with van der Waals surface area (Å²) in [6.07, 6.45) is 4.84. The number of hydrogen-bond acceptors (Lipinski definition) is 4.